The molecule has 4 heteroatoms. The van der Waals surface area contributed by atoms with Crippen LogP contribution in [-0.4, -0.2) is 21.9 Å². The Morgan fingerprint density at radius 1 is 0.810 bits per heavy atom. The largest absolute Gasteiger partial charge is 0.497 e. The van der Waals surface area contributed by atoms with Gasteiger partial charge in [-0.2, -0.15) is 10.2 Å². The Hall–Kier alpha value is -2.36. The van der Waals surface area contributed by atoms with Crippen molar-refractivity contribution in [3.63, 3.8) is 0 Å². The topological polar surface area (TPSA) is 39.9 Å². The molecule has 2 heterocycles. The smallest absolute Gasteiger partial charge is 0.119 e. The van der Waals surface area contributed by atoms with E-state index >= 15 is 0 Å². The molecule has 0 radical (unpaired) electrons. The van der Waals surface area contributed by atoms with Crippen molar-refractivity contribution in [2.75, 3.05) is 7.11 Å². The van der Waals surface area contributed by atoms with Gasteiger partial charge in [-0.05, 0) is 52.0 Å². The molecule has 0 spiro atoms. The number of hydrogen-bond donors (Lipinski definition) is 0. The number of fused-ring (bicyclic) bond motifs is 1. The fraction of sp³-hybridized carbons (Fsp3) is 0.294. The molecule has 0 bridgehead atoms. The van der Waals surface area contributed by atoms with E-state index < -0.39 is 0 Å². The Bertz CT molecular complexity index is 771. The summed E-state index contributed by atoms with van der Waals surface area (Å²) in [5.41, 5.74) is 5.47. The maximum Gasteiger partial charge on any atom is 0.119 e. The summed E-state index contributed by atoms with van der Waals surface area (Å²) < 4.78 is 7.49. The van der Waals surface area contributed by atoms with Crippen molar-refractivity contribution in [1.29, 1.82) is 0 Å². The summed E-state index contributed by atoms with van der Waals surface area (Å²) in [6.07, 6.45) is 0. The quantitative estimate of drug-likeness (QED) is 0.719. The van der Waals surface area contributed by atoms with Crippen LogP contribution in [0, 0.1) is 27.7 Å². The molecule has 108 valence electrons. The molecule has 0 saturated carbocycles. The Labute approximate surface area is 124 Å². The van der Waals surface area contributed by atoms with Crippen molar-refractivity contribution in [1.82, 2.24) is 14.8 Å². The highest BCUT2D eigenvalue weighted by molar-refractivity contribution is 5.92. The van der Waals surface area contributed by atoms with Crippen LogP contribution in [0.1, 0.15) is 22.8 Å². The van der Waals surface area contributed by atoms with Crippen molar-refractivity contribution < 1.29 is 4.74 Å². The second-order valence-electron chi connectivity index (χ2n) is 5.33. The predicted octanol–water partition coefficient (Wildman–Crippen LogP) is 3.66. The van der Waals surface area contributed by atoms with E-state index in [1.54, 1.807) is 7.11 Å². The molecule has 1 aromatic carbocycles. The van der Waals surface area contributed by atoms with Crippen LogP contribution in [0.2, 0.25) is 0 Å². The second kappa shape index (κ2) is 4.88. The van der Waals surface area contributed by atoms with E-state index in [2.05, 4.69) is 40.7 Å². The average molecular weight is 281 g/mol. The fourth-order valence-corrected chi connectivity index (χ4v) is 3.09. The summed E-state index contributed by atoms with van der Waals surface area (Å²) in [6.45, 7) is 8.29. The normalized spacial score (nSPS) is 11.1. The van der Waals surface area contributed by atoms with Crippen LogP contribution in [0.15, 0.2) is 24.3 Å². The molecule has 3 aromatic rings. The number of nitrogens with zero attached hydrogens (tertiary/aromatic N) is 3. The van der Waals surface area contributed by atoms with Gasteiger partial charge in [0, 0.05) is 27.8 Å². The molecule has 0 atom stereocenters. The van der Waals surface area contributed by atoms with Crippen LogP contribution < -0.4 is 4.74 Å². The van der Waals surface area contributed by atoms with E-state index in [0.29, 0.717) is 0 Å². The maximum atomic E-state index is 5.23. The number of aryl methyl sites for hydroxylation is 4. The number of ether oxygens (including phenoxy) is 1. The zero-order valence-electron chi connectivity index (χ0n) is 13.1. The van der Waals surface area contributed by atoms with Crippen LogP contribution in [-0.2, 0) is 0 Å². The molecule has 0 amide bonds. The van der Waals surface area contributed by atoms with Crippen LogP contribution in [0.4, 0.5) is 0 Å². The lowest BCUT2D eigenvalue weighted by molar-refractivity contribution is 0.414. The Morgan fingerprint density at radius 3 is 1.71 bits per heavy atom. The third-order valence-electron chi connectivity index (χ3n) is 4.05. The van der Waals surface area contributed by atoms with E-state index in [1.807, 2.05) is 26.0 Å². The van der Waals surface area contributed by atoms with Gasteiger partial charge >= 0.3 is 0 Å². The van der Waals surface area contributed by atoms with Crippen molar-refractivity contribution in [2.45, 2.75) is 27.7 Å². The van der Waals surface area contributed by atoms with Gasteiger partial charge < -0.3 is 9.30 Å². The first-order valence-corrected chi connectivity index (χ1v) is 7.00. The average Bonchev–Trinajstić information content (AvgIpc) is 2.76. The zero-order chi connectivity index (χ0) is 15.1. The van der Waals surface area contributed by atoms with E-state index in [9.17, 15) is 0 Å². The predicted molar refractivity (Wildman–Crippen MR) is 84.4 cm³/mol. The minimum absolute atomic E-state index is 0.862. The van der Waals surface area contributed by atoms with Gasteiger partial charge in [0.1, 0.15) is 5.75 Å². The maximum absolute atomic E-state index is 5.23. The molecule has 3 rings (SSSR count). The first kappa shape index (κ1) is 13.6. The molecule has 0 aliphatic carbocycles. The van der Waals surface area contributed by atoms with Crippen LogP contribution in [0.5, 0.6) is 5.75 Å². The van der Waals surface area contributed by atoms with Gasteiger partial charge in [0.2, 0.25) is 0 Å². The molecule has 2 aromatic heterocycles. The van der Waals surface area contributed by atoms with Gasteiger partial charge in [0.15, 0.2) is 0 Å². The SMILES string of the molecule is COc1ccc(-n2c(C)c3c(C)nnc(C)c3c2C)cc1. The number of rotatable bonds is 2. The first-order valence-electron chi connectivity index (χ1n) is 7.00. The monoisotopic (exact) mass is 281 g/mol. The summed E-state index contributed by atoms with van der Waals surface area (Å²) in [7, 11) is 1.68. The van der Waals surface area contributed by atoms with Crippen molar-refractivity contribution in [3.05, 3.63) is 47.0 Å². The number of methoxy groups -OCH3 is 1. The second-order valence-corrected chi connectivity index (χ2v) is 5.33. The summed E-state index contributed by atoms with van der Waals surface area (Å²) >= 11 is 0. The van der Waals surface area contributed by atoms with Gasteiger partial charge in [-0.25, -0.2) is 0 Å². The summed E-state index contributed by atoms with van der Waals surface area (Å²) in [5, 5.41) is 10.9. The number of aromatic nitrogens is 3. The van der Waals surface area contributed by atoms with Gasteiger partial charge in [-0.15, -0.1) is 0 Å². The molecule has 21 heavy (non-hydrogen) atoms. The summed E-state index contributed by atoms with van der Waals surface area (Å²) in [6, 6.07) is 8.11. The van der Waals surface area contributed by atoms with E-state index in [0.717, 1.165) is 22.8 Å². The van der Waals surface area contributed by atoms with Crippen LogP contribution >= 0.6 is 0 Å². The third kappa shape index (κ3) is 1.98. The minimum atomic E-state index is 0.862. The van der Waals surface area contributed by atoms with Crippen LogP contribution in [0.3, 0.4) is 0 Å². The Morgan fingerprint density at radius 2 is 1.29 bits per heavy atom. The van der Waals surface area contributed by atoms with Gasteiger partial charge in [0.05, 0.1) is 18.5 Å². The Balaban J connectivity index is 2.32. The lowest BCUT2D eigenvalue weighted by Gasteiger charge is -2.10. The summed E-state index contributed by atoms with van der Waals surface area (Å²) in [5.74, 6) is 0.862. The fourth-order valence-electron chi connectivity index (χ4n) is 3.09. The molecule has 4 nitrogen and oxygen atoms in total. The lowest BCUT2D eigenvalue weighted by Crippen LogP contribution is -1.98. The van der Waals surface area contributed by atoms with E-state index in [4.69, 9.17) is 4.74 Å². The molecular weight excluding hydrogens is 262 g/mol. The zero-order valence-corrected chi connectivity index (χ0v) is 13.1. The minimum Gasteiger partial charge on any atom is -0.497 e. The molecule has 0 aliphatic rings. The van der Waals surface area contributed by atoms with Gasteiger partial charge in [-0.3, -0.25) is 0 Å². The molecule has 0 fully saturated rings. The summed E-state index contributed by atoms with van der Waals surface area (Å²) in [4.78, 5) is 0. The highest BCUT2D eigenvalue weighted by Gasteiger charge is 2.17. The Kier molecular flexibility index (Phi) is 3.16. The van der Waals surface area contributed by atoms with Crippen molar-refractivity contribution in [2.24, 2.45) is 0 Å². The lowest BCUT2D eigenvalue weighted by atomic mass is 10.1. The molecule has 0 aliphatic heterocycles. The molecule has 0 unspecified atom stereocenters. The van der Waals surface area contributed by atoms with Gasteiger partial charge in [0.25, 0.3) is 0 Å². The molecule has 0 saturated heterocycles. The van der Waals surface area contributed by atoms with E-state index in [1.165, 1.54) is 22.2 Å². The standard InChI is InChI=1S/C17H19N3O/c1-10-16-12(3)20(13(4)17(16)11(2)19-18-10)14-6-8-15(21-5)9-7-14/h6-9H,1-5H3. The number of benzene rings is 1. The van der Waals surface area contributed by atoms with Crippen molar-refractivity contribution in [3.8, 4) is 11.4 Å². The van der Waals surface area contributed by atoms with Crippen LogP contribution in [0.25, 0.3) is 16.5 Å². The van der Waals surface area contributed by atoms with E-state index in [-0.39, 0.29) is 0 Å². The molecule has 0 N–H and O–H groups in total. The van der Waals surface area contributed by atoms with Gasteiger partial charge in [-0.1, -0.05) is 0 Å². The highest BCUT2D eigenvalue weighted by Crippen LogP contribution is 2.31. The molecular formula is C17H19N3O. The third-order valence-corrected chi connectivity index (χ3v) is 4.05. The highest BCUT2D eigenvalue weighted by atomic mass is 16.5. The van der Waals surface area contributed by atoms with Crippen molar-refractivity contribution >= 4 is 10.8 Å². The first-order chi connectivity index (χ1) is 10.0. The number of hydrogen-bond acceptors (Lipinski definition) is 3.